The zero-order valence-electron chi connectivity index (χ0n) is 14.2. The molecule has 0 bridgehead atoms. The largest absolute Gasteiger partial charge is 0.422 e. The molecule has 1 fully saturated rings. The van der Waals surface area contributed by atoms with Gasteiger partial charge in [-0.1, -0.05) is 50.1 Å². The molecular formula is C21H21NO3. The third-order valence-corrected chi connectivity index (χ3v) is 5.31. The highest BCUT2D eigenvalue weighted by molar-refractivity contribution is 6.07. The predicted molar refractivity (Wildman–Crippen MR) is 98.9 cm³/mol. The highest BCUT2D eigenvalue weighted by Gasteiger charge is 2.25. The number of hydrogen-bond donors (Lipinski definition) is 1. The van der Waals surface area contributed by atoms with Gasteiger partial charge in [-0.15, -0.1) is 0 Å². The molecule has 1 heterocycles. The number of nitrogens with one attached hydrogen (secondary N) is 1. The van der Waals surface area contributed by atoms with Crippen LogP contribution in [0.15, 0.2) is 51.7 Å². The highest BCUT2D eigenvalue weighted by Crippen LogP contribution is 2.26. The summed E-state index contributed by atoms with van der Waals surface area (Å²) in [5.74, 6) is 0.105. The summed E-state index contributed by atoms with van der Waals surface area (Å²) < 4.78 is 5.42. The Kier molecular flexibility index (Phi) is 4.04. The van der Waals surface area contributed by atoms with E-state index < -0.39 is 5.63 Å². The lowest BCUT2D eigenvalue weighted by atomic mass is 9.86. The van der Waals surface area contributed by atoms with Crippen molar-refractivity contribution in [1.29, 1.82) is 0 Å². The lowest BCUT2D eigenvalue weighted by Crippen LogP contribution is -2.42. The summed E-state index contributed by atoms with van der Waals surface area (Å²) in [5.41, 5.74) is 0.0108. The van der Waals surface area contributed by atoms with Crippen molar-refractivity contribution in [3.63, 3.8) is 0 Å². The van der Waals surface area contributed by atoms with Crippen molar-refractivity contribution < 1.29 is 9.21 Å². The number of fused-ring (bicyclic) bond motifs is 3. The van der Waals surface area contributed by atoms with Gasteiger partial charge in [0.25, 0.3) is 5.91 Å². The maximum atomic E-state index is 12.7. The Hall–Kier alpha value is -2.62. The number of benzene rings is 2. The fourth-order valence-corrected chi connectivity index (χ4v) is 3.81. The standard InChI is InChI=1S/C21H21NO3/c1-13-6-2-5-9-18(13)22-20(23)17-12-16-15-8-4-3-7-14(15)10-11-19(16)25-21(17)24/h3-4,7-8,10-13,18H,2,5-6,9H2,1H3,(H,22,23)/t13-,18+/m0/s1. The van der Waals surface area contributed by atoms with Crippen LogP contribution in [-0.4, -0.2) is 11.9 Å². The molecule has 2 atom stereocenters. The molecule has 1 aliphatic rings. The SMILES string of the molecule is C[C@H]1CCCC[C@H]1NC(=O)c1cc2c(ccc3ccccc32)oc1=O. The van der Waals surface area contributed by atoms with Crippen LogP contribution >= 0.6 is 0 Å². The van der Waals surface area contributed by atoms with Gasteiger partial charge in [0, 0.05) is 11.4 Å². The van der Waals surface area contributed by atoms with Gasteiger partial charge in [-0.3, -0.25) is 4.79 Å². The van der Waals surface area contributed by atoms with E-state index >= 15 is 0 Å². The molecule has 0 unspecified atom stereocenters. The van der Waals surface area contributed by atoms with Crippen LogP contribution in [0.4, 0.5) is 0 Å². The molecule has 0 spiro atoms. The van der Waals surface area contributed by atoms with E-state index in [-0.39, 0.29) is 17.5 Å². The normalized spacial score (nSPS) is 20.7. The molecule has 1 aliphatic carbocycles. The molecule has 3 aromatic rings. The molecule has 1 amide bonds. The van der Waals surface area contributed by atoms with E-state index in [9.17, 15) is 9.59 Å². The summed E-state index contributed by atoms with van der Waals surface area (Å²) in [4.78, 5) is 25.0. The van der Waals surface area contributed by atoms with Gasteiger partial charge in [0.05, 0.1) is 0 Å². The van der Waals surface area contributed by atoms with Gasteiger partial charge in [-0.2, -0.15) is 0 Å². The van der Waals surface area contributed by atoms with Crippen molar-refractivity contribution in [2.75, 3.05) is 0 Å². The fraction of sp³-hybridized carbons (Fsp3) is 0.333. The molecule has 2 aromatic carbocycles. The maximum Gasteiger partial charge on any atom is 0.349 e. The first-order valence-electron chi connectivity index (χ1n) is 8.90. The molecule has 1 saturated carbocycles. The lowest BCUT2D eigenvalue weighted by Gasteiger charge is -2.29. The highest BCUT2D eigenvalue weighted by atomic mass is 16.4. The minimum absolute atomic E-state index is 0.0848. The molecule has 4 nitrogen and oxygen atoms in total. The van der Waals surface area contributed by atoms with Crippen molar-refractivity contribution in [3.8, 4) is 0 Å². The summed E-state index contributed by atoms with van der Waals surface area (Å²) in [6, 6.07) is 13.4. The molecule has 0 saturated heterocycles. The van der Waals surface area contributed by atoms with Crippen molar-refractivity contribution >= 4 is 27.6 Å². The summed E-state index contributed by atoms with van der Waals surface area (Å²) in [7, 11) is 0. The molecular weight excluding hydrogens is 314 g/mol. The monoisotopic (exact) mass is 335 g/mol. The van der Waals surface area contributed by atoms with Gasteiger partial charge in [0.2, 0.25) is 0 Å². The first-order chi connectivity index (χ1) is 12.1. The maximum absolute atomic E-state index is 12.7. The summed E-state index contributed by atoms with van der Waals surface area (Å²) >= 11 is 0. The Morgan fingerprint density at radius 3 is 2.72 bits per heavy atom. The van der Waals surface area contributed by atoms with E-state index in [4.69, 9.17) is 4.42 Å². The summed E-state index contributed by atoms with van der Waals surface area (Å²) in [6.07, 6.45) is 4.40. The van der Waals surface area contributed by atoms with Gasteiger partial charge in [-0.05, 0) is 41.7 Å². The molecule has 25 heavy (non-hydrogen) atoms. The van der Waals surface area contributed by atoms with Crippen LogP contribution in [0.2, 0.25) is 0 Å². The van der Waals surface area contributed by atoms with Crippen molar-refractivity contribution in [1.82, 2.24) is 5.32 Å². The zero-order valence-corrected chi connectivity index (χ0v) is 14.2. The second kappa shape index (κ2) is 6.36. The minimum Gasteiger partial charge on any atom is -0.422 e. The van der Waals surface area contributed by atoms with Crippen LogP contribution in [0.1, 0.15) is 43.0 Å². The van der Waals surface area contributed by atoms with Crippen LogP contribution in [-0.2, 0) is 0 Å². The van der Waals surface area contributed by atoms with E-state index in [0.717, 1.165) is 35.4 Å². The molecule has 0 radical (unpaired) electrons. The third-order valence-electron chi connectivity index (χ3n) is 5.31. The Labute approximate surface area is 145 Å². The fourth-order valence-electron chi connectivity index (χ4n) is 3.81. The Morgan fingerprint density at radius 1 is 1.08 bits per heavy atom. The lowest BCUT2D eigenvalue weighted by molar-refractivity contribution is 0.0906. The van der Waals surface area contributed by atoms with E-state index in [1.807, 2.05) is 30.3 Å². The van der Waals surface area contributed by atoms with E-state index in [1.54, 1.807) is 12.1 Å². The van der Waals surface area contributed by atoms with Crippen molar-refractivity contribution in [2.24, 2.45) is 5.92 Å². The molecule has 4 rings (SSSR count). The number of amides is 1. The van der Waals surface area contributed by atoms with E-state index in [0.29, 0.717) is 11.5 Å². The van der Waals surface area contributed by atoms with Crippen LogP contribution in [0, 0.1) is 5.92 Å². The predicted octanol–water partition coefficient (Wildman–Crippen LogP) is 4.25. The molecule has 1 aromatic heterocycles. The summed E-state index contributed by atoms with van der Waals surface area (Å²) in [5, 5.41) is 5.86. The van der Waals surface area contributed by atoms with Crippen molar-refractivity contribution in [2.45, 2.75) is 38.6 Å². The smallest absolute Gasteiger partial charge is 0.349 e. The topological polar surface area (TPSA) is 59.3 Å². The van der Waals surface area contributed by atoms with E-state index in [1.165, 1.54) is 6.42 Å². The molecule has 4 heteroatoms. The Bertz CT molecular complexity index is 1000. The minimum atomic E-state index is -0.580. The van der Waals surface area contributed by atoms with Gasteiger partial charge < -0.3 is 9.73 Å². The molecule has 0 aliphatic heterocycles. The number of rotatable bonds is 2. The average molecular weight is 335 g/mol. The van der Waals surface area contributed by atoms with Crippen LogP contribution < -0.4 is 10.9 Å². The molecule has 128 valence electrons. The second-order valence-corrected chi connectivity index (χ2v) is 6.99. The average Bonchev–Trinajstić information content (AvgIpc) is 2.62. The van der Waals surface area contributed by atoms with Gasteiger partial charge in [0.15, 0.2) is 0 Å². The van der Waals surface area contributed by atoms with Gasteiger partial charge in [0.1, 0.15) is 11.1 Å². The number of carbonyl (C=O) groups is 1. The Morgan fingerprint density at radius 2 is 1.88 bits per heavy atom. The number of carbonyl (C=O) groups excluding carboxylic acids is 1. The quantitative estimate of drug-likeness (QED) is 0.562. The van der Waals surface area contributed by atoms with Crippen LogP contribution in [0.5, 0.6) is 0 Å². The van der Waals surface area contributed by atoms with Gasteiger partial charge in [-0.25, -0.2) is 4.79 Å². The third kappa shape index (κ3) is 2.93. The number of hydrogen-bond acceptors (Lipinski definition) is 3. The molecule has 1 N–H and O–H groups in total. The second-order valence-electron chi connectivity index (χ2n) is 6.99. The zero-order chi connectivity index (χ0) is 17.4. The van der Waals surface area contributed by atoms with Crippen molar-refractivity contribution in [3.05, 3.63) is 58.4 Å². The van der Waals surface area contributed by atoms with Gasteiger partial charge >= 0.3 is 5.63 Å². The van der Waals surface area contributed by atoms with Crippen LogP contribution in [0.25, 0.3) is 21.7 Å². The first-order valence-corrected chi connectivity index (χ1v) is 8.90. The first kappa shape index (κ1) is 15.9. The van der Waals surface area contributed by atoms with Crippen LogP contribution in [0.3, 0.4) is 0 Å². The van der Waals surface area contributed by atoms with E-state index in [2.05, 4.69) is 12.2 Å². The Balaban J connectivity index is 1.76. The summed E-state index contributed by atoms with van der Waals surface area (Å²) in [6.45, 7) is 2.15.